The third-order valence-corrected chi connectivity index (χ3v) is 3.55. The minimum atomic E-state index is -0.469. The number of nitrogens with one attached hydrogen (secondary N) is 2. The quantitative estimate of drug-likeness (QED) is 0.622. The van der Waals surface area contributed by atoms with Gasteiger partial charge in [0.2, 0.25) is 11.9 Å². The molecule has 1 heterocycles. The van der Waals surface area contributed by atoms with Gasteiger partial charge in [0.15, 0.2) is 0 Å². The number of hydrogen-bond donors (Lipinski definition) is 3. The lowest BCUT2D eigenvalue weighted by Gasteiger charge is -2.09. The zero-order valence-corrected chi connectivity index (χ0v) is 14.5. The Morgan fingerprint density at radius 3 is 2.40 bits per heavy atom. The van der Waals surface area contributed by atoms with Gasteiger partial charge in [-0.25, -0.2) is 4.98 Å². The van der Waals surface area contributed by atoms with Crippen molar-refractivity contribution in [1.29, 1.82) is 0 Å². The normalized spacial score (nSPS) is 9.80. The van der Waals surface area contributed by atoms with Crippen molar-refractivity contribution in [3.8, 4) is 0 Å². The zero-order chi connectivity index (χ0) is 16.9. The Balaban J connectivity index is 0.00000225. The van der Waals surface area contributed by atoms with E-state index in [4.69, 9.17) is 17.3 Å². The van der Waals surface area contributed by atoms with E-state index in [1.54, 1.807) is 42.6 Å². The molecule has 1 amide bonds. The van der Waals surface area contributed by atoms with E-state index in [1.165, 1.54) is 0 Å². The van der Waals surface area contributed by atoms with Crippen molar-refractivity contribution < 1.29 is 4.79 Å². The SMILES string of the molecule is Cl.NC(=O)c1ccc(Nc2nccc(Nc3ccccc3Cl)n2)cc1. The Bertz CT molecular complexity index is 871. The van der Waals surface area contributed by atoms with Gasteiger partial charge in [0, 0.05) is 17.4 Å². The van der Waals surface area contributed by atoms with Crippen LogP contribution in [0.4, 0.5) is 23.1 Å². The molecule has 0 atom stereocenters. The predicted octanol–water partition coefficient (Wildman–Crippen LogP) is 4.14. The van der Waals surface area contributed by atoms with Crippen LogP contribution in [-0.2, 0) is 0 Å². The smallest absolute Gasteiger partial charge is 0.248 e. The first-order chi connectivity index (χ1) is 11.6. The summed E-state index contributed by atoms with van der Waals surface area (Å²) in [6, 6.07) is 15.9. The maximum absolute atomic E-state index is 11.1. The summed E-state index contributed by atoms with van der Waals surface area (Å²) >= 11 is 6.12. The van der Waals surface area contributed by atoms with Crippen molar-refractivity contribution in [1.82, 2.24) is 9.97 Å². The van der Waals surface area contributed by atoms with Crippen LogP contribution in [0, 0.1) is 0 Å². The van der Waals surface area contributed by atoms with Gasteiger partial charge in [0.25, 0.3) is 0 Å². The molecular formula is C17H15Cl2N5O. The molecule has 3 rings (SSSR count). The van der Waals surface area contributed by atoms with Crippen molar-refractivity contribution in [2.45, 2.75) is 0 Å². The van der Waals surface area contributed by atoms with Gasteiger partial charge < -0.3 is 16.4 Å². The Kier molecular flexibility index (Phi) is 6.16. The second-order valence-corrected chi connectivity index (χ2v) is 5.34. The number of hydrogen-bond acceptors (Lipinski definition) is 5. The molecule has 128 valence electrons. The molecule has 0 unspecified atom stereocenters. The van der Waals surface area contributed by atoms with Gasteiger partial charge in [-0.2, -0.15) is 4.98 Å². The van der Waals surface area contributed by atoms with Gasteiger partial charge in [0.05, 0.1) is 10.7 Å². The highest BCUT2D eigenvalue weighted by molar-refractivity contribution is 6.33. The number of nitrogens with zero attached hydrogens (tertiary/aromatic N) is 2. The summed E-state index contributed by atoms with van der Waals surface area (Å²) in [6.45, 7) is 0. The van der Waals surface area contributed by atoms with E-state index < -0.39 is 5.91 Å². The first-order valence-corrected chi connectivity index (χ1v) is 7.51. The van der Waals surface area contributed by atoms with E-state index in [2.05, 4.69) is 20.6 Å². The lowest BCUT2D eigenvalue weighted by atomic mass is 10.2. The number of primary amides is 1. The lowest BCUT2D eigenvalue weighted by Crippen LogP contribution is -2.10. The summed E-state index contributed by atoms with van der Waals surface area (Å²) < 4.78 is 0. The van der Waals surface area contributed by atoms with Crippen molar-refractivity contribution in [2.24, 2.45) is 5.73 Å². The van der Waals surface area contributed by atoms with Crippen LogP contribution in [-0.4, -0.2) is 15.9 Å². The fraction of sp³-hybridized carbons (Fsp3) is 0. The lowest BCUT2D eigenvalue weighted by molar-refractivity contribution is 0.100. The van der Waals surface area contributed by atoms with Crippen LogP contribution in [0.1, 0.15) is 10.4 Å². The van der Waals surface area contributed by atoms with Crippen LogP contribution in [0.5, 0.6) is 0 Å². The fourth-order valence-electron chi connectivity index (χ4n) is 2.04. The number of halogens is 2. The van der Waals surface area contributed by atoms with E-state index in [0.717, 1.165) is 11.4 Å². The number of amides is 1. The third-order valence-electron chi connectivity index (χ3n) is 3.22. The van der Waals surface area contributed by atoms with Crippen molar-refractivity contribution in [3.05, 3.63) is 71.4 Å². The molecule has 8 heteroatoms. The largest absolute Gasteiger partial charge is 0.366 e. The van der Waals surface area contributed by atoms with E-state index in [0.29, 0.717) is 22.4 Å². The number of carbonyl (C=O) groups is 1. The maximum Gasteiger partial charge on any atom is 0.248 e. The molecule has 1 aromatic heterocycles. The van der Waals surface area contributed by atoms with Crippen molar-refractivity contribution >= 4 is 53.1 Å². The van der Waals surface area contributed by atoms with Gasteiger partial charge in [-0.3, -0.25) is 4.79 Å². The molecule has 0 aliphatic heterocycles. The number of carbonyl (C=O) groups excluding carboxylic acids is 1. The Hall–Kier alpha value is -2.83. The molecule has 3 aromatic rings. The molecule has 0 spiro atoms. The van der Waals surface area contributed by atoms with Crippen molar-refractivity contribution in [3.63, 3.8) is 0 Å². The van der Waals surface area contributed by atoms with Crippen LogP contribution in [0.3, 0.4) is 0 Å². The molecule has 0 aliphatic rings. The average molecular weight is 376 g/mol. The van der Waals surface area contributed by atoms with Gasteiger partial charge in [-0.1, -0.05) is 23.7 Å². The Labute approximate surface area is 155 Å². The van der Waals surface area contributed by atoms with Gasteiger partial charge >= 0.3 is 0 Å². The molecule has 0 bridgehead atoms. The van der Waals surface area contributed by atoms with Gasteiger partial charge in [-0.15, -0.1) is 12.4 Å². The first-order valence-electron chi connectivity index (χ1n) is 7.13. The summed E-state index contributed by atoms with van der Waals surface area (Å²) in [6.07, 6.45) is 1.63. The molecule has 0 saturated heterocycles. The maximum atomic E-state index is 11.1. The van der Waals surface area contributed by atoms with E-state index in [9.17, 15) is 4.79 Å². The van der Waals surface area contributed by atoms with Crippen LogP contribution < -0.4 is 16.4 Å². The molecular weight excluding hydrogens is 361 g/mol. The van der Waals surface area contributed by atoms with Crippen LogP contribution in [0.15, 0.2) is 60.8 Å². The zero-order valence-electron chi connectivity index (χ0n) is 12.9. The summed E-state index contributed by atoms with van der Waals surface area (Å²) in [5.41, 5.74) is 7.16. The minimum absolute atomic E-state index is 0. The van der Waals surface area contributed by atoms with E-state index >= 15 is 0 Å². The van der Waals surface area contributed by atoms with Gasteiger partial charge in [0.1, 0.15) is 5.82 Å². The molecule has 0 fully saturated rings. The molecule has 6 nitrogen and oxygen atoms in total. The molecule has 0 radical (unpaired) electrons. The number of nitrogens with two attached hydrogens (primary N) is 1. The molecule has 0 aliphatic carbocycles. The second-order valence-electron chi connectivity index (χ2n) is 4.94. The summed E-state index contributed by atoms with van der Waals surface area (Å²) in [4.78, 5) is 19.6. The topological polar surface area (TPSA) is 92.9 Å². The fourth-order valence-corrected chi connectivity index (χ4v) is 2.22. The molecule has 0 saturated carbocycles. The van der Waals surface area contributed by atoms with Crippen LogP contribution in [0.25, 0.3) is 0 Å². The van der Waals surface area contributed by atoms with Crippen LogP contribution >= 0.6 is 24.0 Å². The Morgan fingerprint density at radius 2 is 1.72 bits per heavy atom. The number of aromatic nitrogens is 2. The van der Waals surface area contributed by atoms with E-state index in [1.807, 2.05) is 18.2 Å². The summed E-state index contributed by atoms with van der Waals surface area (Å²) in [5.74, 6) is 0.553. The van der Waals surface area contributed by atoms with Crippen molar-refractivity contribution in [2.75, 3.05) is 10.6 Å². The minimum Gasteiger partial charge on any atom is -0.366 e. The highest BCUT2D eigenvalue weighted by atomic mass is 35.5. The molecule has 4 N–H and O–H groups in total. The highest BCUT2D eigenvalue weighted by Crippen LogP contribution is 2.24. The highest BCUT2D eigenvalue weighted by Gasteiger charge is 2.04. The third kappa shape index (κ3) is 4.82. The summed E-state index contributed by atoms with van der Waals surface area (Å²) in [7, 11) is 0. The number of rotatable bonds is 5. The molecule has 2 aromatic carbocycles. The second kappa shape index (κ2) is 8.32. The van der Waals surface area contributed by atoms with E-state index in [-0.39, 0.29) is 12.4 Å². The number of anilines is 4. The Morgan fingerprint density at radius 1 is 1.00 bits per heavy atom. The monoisotopic (exact) mass is 375 g/mol. The predicted molar refractivity (Wildman–Crippen MR) is 102 cm³/mol. The average Bonchev–Trinajstić information content (AvgIpc) is 2.58. The van der Waals surface area contributed by atoms with Crippen LogP contribution in [0.2, 0.25) is 5.02 Å². The standard InChI is InChI=1S/C17H14ClN5O.ClH/c18-13-3-1-2-4-14(13)22-15-9-10-20-17(23-15)21-12-7-5-11(6-8-12)16(19)24;/h1-10H,(H2,19,24)(H2,20,21,22,23);1H. The number of benzene rings is 2. The van der Waals surface area contributed by atoms with Gasteiger partial charge in [-0.05, 0) is 42.5 Å². The number of para-hydroxylation sites is 1. The first kappa shape index (κ1) is 18.5. The molecule has 25 heavy (non-hydrogen) atoms. The summed E-state index contributed by atoms with van der Waals surface area (Å²) in [5, 5.41) is 6.81.